The van der Waals surface area contributed by atoms with Gasteiger partial charge in [0, 0.05) is 38.9 Å². The van der Waals surface area contributed by atoms with E-state index in [9.17, 15) is 0 Å². The van der Waals surface area contributed by atoms with Crippen LogP contribution in [-0.4, -0.2) is 4.57 Å². The van der Waals surface area contributed by atoms with Crippen molar-refractivity contribution in [1.29, 1.82) is 0 Å². The van der Waals surface area contributed by atoms with Crippen molar-refractivity contribution in [2.45, 2.75) is 33.1 Å². The molecule has 0 saturated carbocycles. The van der Waals surface area contributed by atoms with Crippen molar-refractivity contribution in [3.8, 4) is 50.2 Å². The highest BCUT2D eigenvalue weighted by molar-refractivity contribution is 6.11. The van der Waals surface area contributed by atoms with Crippen LogP contribution in [0.15, 0.2) is 206 Å². The van der Waals surface area contributed by atoms with Crippen molar-refractivity contribution in [3.05, 3.63) is 229 Å². The highest BCUT2D eigenvalue weighted by atomic mass is 15.1. The molecule has 1 aromatic heterocycles. The Labute approximate surface area is 358 Å². The molecule has 9 aromatic carbocycles. The molecule has 11 rings (SSSR count). The maximum atomic E-state index is 2.46. The van der Waals surface area contributed by atoms with E-state index in [-0.39, 0.29) is 5.41 Å². The standard InChI is InChI=1S/C59H46N2/c1-39-16-11-12-21-48(39)49-36-37-54-52-22-13-14-25-56(52)61(58(54)40(49)2)46-32-30-45(31-33-46)60(44-28-26-42(27-29-44)41-17-7-5-8-18-41)47-34-35-51-53-24-15-23-50(43-19-9-6-10-20-43)57(53)59(3,4)55(51)38-47/h5-38H,1-4H3. The fourth-order valence-corrected chi connectivity index (χ4v) is 10.2. The molecule has 0 amide bonds. The molecule has 1 heterocycles. The van der Waals surface area contributed by atoms with Crippen LogP contribution in [-0.2, 0) is 5.41 Å². The van der Waals surface area contributed by atoms with Crippen molar-refractivity contribution in [2.24, 2.45) is 0 Å². The average molecular weight is 783 g/mol. The minimum Gasteiger partial charge on any atom is -0.310 e. The zero-order valence-electron chi connectivity index (χ0n) is 35.0. The van der Waals surface area contributed by atoms with E-state index >= 15 is 0 Å². The fraction of sp³-hybridized carbons (Fsp3) is 0.0847. The van der Waals surface area contributed by atoms with E-state index in [4.69, 9.17) is 0 Å². The van der Waals surface area contributed by atoms with Crippen molar-refractivity contribution in [1.82, 2.24) is 4.57 Å². The Balaban J connectivity index is 1.06. The summed E-state index contributed by atoms with van der Waals surface area (Å²) < 4.78 is 2.46. The third kappa shape index (κ3) is 5.93. The molecular formula is C59H46N2. The Kier molecular flexibility index (Phi) is 8.65. The number of benzene rings is 9. The van der Waals surface area contributed by atoms with E-state index in [1.165, 1.54) is 88.6 Å². The van der Waals surface area contributed by atoms with Gasteiger partial charge < -0.3 is 9.47 Å². The second kappa shape index (κ2) is 14.4. The van der Waals surface area contributed by atoms with Gasteiger partial charge in [0.2, 0.25) is 0 Å². The van der Waals surface area contributed by atoms with Crippen molar-refractivity contribution in [3.63, 3.8) is 0 Å². The van der Waals surface area contributed by atoms with Crippen LogP contribution in [0.2, 0.25) is 0 Å². The number of fused-ring (bicyclic) bond motifs is 6. The van der Waals surface area contributed by atoms with Crippen molar-refractivity contribution >= 4 is 38.9 Å². The molecule has 0 spiro atoms. The van der Waals surface area contributed by atoms with Gasteiger partial charge in [-0.1, -0.05) is 166 Å². The lowest BCUT2D eigenvalue weighted by atomic mass is 9.78. The number of hydrogen-bond donors (Lipinski definition) is 0. The Morgan fingerprint density at radius 1 is 0.410 bits per heavy atom. The zero-order valence-corrected chi connectivity index (χ0v) is 35.0. The molecular weight excluding hydrogens is 737 g/mol. The van der Waals surface area contributed by atoms with Gasteiger partial charge in [0.1, 0.15) is 0 Å². The summed E-state index contributed by atoms with van der Waals surface area (Å²) >= 11 is 0. The molecule has 0 N–H and O–H groups in total. The Hall–Kier alpha value is -7.42. The van der Waals surface area contributed by atoms with Gasteiger partial charge in [-0.25, -0.2) is 0 Å². The molecule has 0 aliphatic heterocycles. The first-order valence-electron chi connectivity index (χ1n) is 21.4. The van der Waals surface area contributed by atoms with Gasteiger partial charge in [0.25, 0.3) is 0 Å². The second-order valence-corrected chi connectivity index (χ2v) is 17.0. The number of hydrogen-bond acceptors (Lipinski definition) is 1. The van der Waals surface area contributed by atoms with Crippen molar-refractivity contribution < 1.29 is 0 Å². The van der Waals surface area contributed by atoms with E-state index in [1.807, 2.05) is 0 Å². The van der Waals surface area contributed by atoms with E-state index in [0.717, 1.165) is 22.7 Å². The first-order valence-corrected chi connectivity index (χ1v) is 21.4. The quantitative estimate of drug-likeness (QED) is 0.156. The van der Waals surface area contributed by atoms with Crippen LogP contribution in [0, 0.1) is 13.8 Å². The molecule has 292 valence electrons. The molecule has 0 saturated heterocycles. The Morgan fingerprint density at radius 3 is 1.72 bits per heavy atom. The normalized spacial score (nSPS) is 12.7. The van der Waals surface area contributed by atoms with Gasteiger partial charge in [0.15, 0.2) is 0 Å². The molecule has 1 aliphatic carbocycles. The predicted molar refractivity (Wildman–Crippen MR) is 259 cm³/mol. The summed E-state index contributed by atoms with van der Waals surface area (Å²) in [5.74, 6) is 0. The number of para-hydroxylation sites is 1. The molecule has 0 unspecified atom stereocenters. The van der Waals surface area contributed by atoms with E-state index in [1.54, 1.807) is 0 Å². The minimum absolute atomic E-state index is 0.203. The van der Waals surface area contributed by atoms with Crippen LogP contribution < -0.4 is 4.90 Å². The summed E-state index contributed by atoms with van der Waals surface area (Å²) in [5, 5.41) is 2.53. The van der Waals surface area contributed by atoms with E-state index < -0.39 is 0 Å². The molecule has 2 nitrogen and oxygen atoms in total. The highest BCUT2D eigenvalue weighted by Crippen LogP contribution is 2.54. The number of nitrogens with zero attached hydrogens (tertiary/aromatic N) is 2. The van der Waals surface area contributed by atoms with Gasteiger partial charge in [-0.15, -0.1) is 0 Å². The molecule has 61 heavy (non-hydrogen) atoms. The Morgan fingerprint density at radius 2 is 0.984 bits per heavy atom. The summed E-state index contributed by atoms with van der Waals surface area (Å²) in [6.45, 7) is 9.27. The van der Waals surface area contributed by atoms with Crippen LogP contribution in [0.25, 0.3) is 72.0 Å². The molecule has 2 heteroatoms. The van der Waals surface area contributed by atoms with Crippen molar-refractivity contribution in [2.75, 3.05) is 4.90 Å². The van der Waals surface area contributed by atoms with Crippen LogP contribution in [0.1, 0.15) is 36.1 Å². The SMILES string of the molecule is Cc1ccccc1-c1ccc2c3ccccc3n(-c3ccc(N(c4ccc(-c5ccccc5)cc4)c4ccc5c(c4)C(C)(C)c4c(-c6ccccc6)cccc4-5)cc3)c2c1C. The van der Waals surface area contributed by atoms with Crippen LogP contribution in [0.4, 0.5) is 17.1 Å². The summed E-state index contributed by atoms with van der Waals surface area (Å²) in [6, 6.07) is 75.7. The number of anilines is 3. The van der Waals surface area contributed by atoms with E-state index in [2.05, 4.69) is 243 Å². The van der Waals surface area contributed by atoms with Gasteiger partial charge in [-0.05, 0) is 135 Å². The monoisotopic (exact) mass is 782 g/mol. The lowest BCUT2D eigenvalue weighted by Gasteiger charge is -2.29. The number of aromatic nitrogens is 1. The summed E-state index contributed by atoms with van der Waals surface area (Å²) in [4.78, 5) is 2.42. The summed E-state index contributed by atoms with van der Waals surface area (Å²) in [5.41, 5.74) is 22.2. The lowest BCUT2D eigenvalue weighted by Crippen LogP contribution is -2.17. The summed E-state index contributed by atoms with van der Waals surface area (Å²) in [7, 11) is 0. The lowest BCUT2D eigenvalue weighted by molar-refractivity contribution is 0.662. The molecule has 1 aliphatic rings. The molecule has 0 fully saturated rings. The maximum Gasteiger partial charge on any atom is 0.0576 e. The number of aryl methyl sites for hydroxylation is 2. The molecule has 0 radical (unpaired) electrons. The maximum absolute atomic E-state index is 2.46. The van der Waals surface area contributed by atoms with E-state index in [0.29, 0.717) is 0 Å². The molecule has 0 bridgehead atoms. The molecule has 0 atom stereocenters. The fourth-order valence-electron chi connectivity index (χ4n) is 10.2. The van der Waals surface area contributed by atoms with Gasteiger partial charge in [-0.3, -0.25) is 0 Å². The Bertz CT molecular complexity index is 3260. The smallest absolute Gasteiger partial charge is 0.0576 e. The minimum atomic E-state index is -0.203. The third-order valence-electron chi connectivity index (χ3n) is 13.1. The van der Waals surface area contributed by atoms with Crippen LogP contribution in [0.3, 0.4) is 0 Å². The summed E-state index contributed by atoms with van der Waals surface area (Å²) in [6.07, 6.45) is 0. The molecule has 10 aromatic rings. The van der Waals surface area contributed by atoms with Crippen LogP contribution >= 0.6 is 0 Å². The zero-order chi connectivity index (χ0) is 41.2. The van der Waals surface area contributed by atoms with Gasteiger partial charge in [-0.2, -0.15) is 0 Å². The highest BCUT2D eigenvalue weighted by Gasteiger charge is 2.38. The predicted octanol–water partition coefficient (Wildman–Crippen LogP) is 16.2. The first-order chi connectivity index (χ1) is 29.9. The second-order valence-electron chi connectivity index (χ2n) is 17.0. The largest absolute Gasteiger partial charge is 0.310 e. The van der Waals surface area contributed by atoms with Crippen LogP contribution in [0.5, 0.6) is 0 Å². The topological polar surface area (TPSA) is 8.17 Å². The first kappa shape index (κ1) is 36.6. The third-order valence-corrected chi connectivity index (χ3v) is 13.1. The van der Waals surface area contributed by atoms with Gasteiger partial charge >= 0.3 is 0 Å². The van der Waals surface area contributed by atoms with Gasteiger partial charge in [0.05, 0.1) is 11.0 Å². The average Bonchev–Trinajstić information content (AvgIpc) is 3.77. The number of rotatable bonds is 7.